The SMILES string of the molecule is COCC(=O)N1[C@@H]2C[C@H]3CC[C@]2(CS1(=O)=O)C3(C)C. The zero-order valence-corrected chi connectivity index (χ0v) is 12.5. The Labute approximate surface area is 114 Å². The summed E-state index contributed by atoms with van der Waals surface area (Å²) in [4.78, 5) is 12.1. The minimum Gasteiger partial charge on any atom is -0.375 e. The van der Waals surface area contributed by atoms with Crippen LogP contribution in [0.2, 0.25) is 0 Å². The molecule has 0 N–H and O–H groups in total. The molecule has 3 rings (SSSR count). The number of sulfonamides is 1. The van der Waals surface area contributed by atoms with Gasteiger partial charge in [-0.3, -0.25) is 4.79 Å². The van der Waals surface area contributed by atoms with Crippen molar-refractivity contribution in [3.8, 4) is 0 Å². The summed E-state index contributed by atoms with van der Waals surface area (Å²) in [5.74, 6) is 0.252. The van der Waals surface area contributed by atoms with Crippen LogP contribution in [0.3, 0.4) is 0 Å². The highest BCUT2D eigenvalue weighted by Crippen LogP contribution is 2.69. The fourth-order valence-electron chi connectivity index (χ4n) is 4.80. The molecule has 1 spiro atoms. The van der Waals surface area contributed by atoms with Crippen molar-refractivity contribution in [2.24, 2.45) is 16.7 Å². The largest absolute Gasteiger partial charge is 0.375 e. The van der Waals surface area contributed by atoms with Gasteiger partial charge in [0.15, 0.2) is 0 Å². The smallest absolute Gasteiger partial charge is 0.262 e. The van der Waals surface area contributed by atoms with Gasteiger partial charge in [0, 0.05) is 12.5 Å². The van der Waals surface area contributed by atoms with Crippen LogP contribution in [0.4, 0.5) is 0 Å². The van der Waals surface area contributed by atoms with E-state index in [-0.39, 0.29) is 29.2 Å². The minimum atomic E-state index is -3.48. The van der Waals surface area contributed by atoms with Crippen molar-refractivity contribution in [1.82, 2.24) is 4.31 Å². The van der Waals surface area contributed by atoms with Gasteiger partial charge >= 0.3 is 0 Å². The first kappa shape index (κ1) is 13.4. The van der Waals surface area contributed by atoms with Gasteiger partial charge in [-0.1, -0.05) is 13.8 Å². The second kappa shape index (κ2) is 3.73. The monoisotopic (exact) mass is 287 g/mol. The number of hydrogen-bond acceptors (Lipinski definition) is 4. The first-order valence-electron chi connectivity index (χ1n) is 6.80. The molecule has 0 radical (unpaired) electrons. The highest BCUT2D eigenvalue weighted by molar-refractivity contribution is 7.90. The maximum atomic E-state index is 12.4. The van der Waals surface area contributed by atoms with E-state index in [9.17, 15) is 13.2 Å². The van der Waals surface area contributed by atoms with E-state index in [1.807, 2.05) is 0 Å². The van der Waals surface area contributed by atoms with E-state index in [4.69, 9.17) is 4.74 Å². The summed E-state index contributed by atoms with van der Waals surface area (Å²) in [7, 11) is -2.06. The number of carbonyl (C=O) groups excluding carboxylic acids is 1. The summed E-state index contributed by atoms with van der Waals surface area (Å²) in [6.45, 7) is 4.19. The lowest BCUT2D eigenvalue weighted by atomic mass is 9.69. The van der Waals surface area contributed by atoms with Gasteiger partial charge in [0.1, 0.15) is 6.61 Å². The highest BCUT2D eigenvalue weighted by Gasteiger charge is 2.72. The molecule has 108 valence electrons. The molecule has 3 atom stereocenters. The van der Waals surface area contributed by atoms with Crippen molar-refractivity contribution in [3.05, 3.63) is 0 Å². The molecule has 2 saturated carbocycles. The normalized spacial score (nSPS) is 41.5. The second-order valence-corrected chi connectivity index (χ2v) is 8.59. The van der Waals surface area contributed by atoms with E-state index in [0.29, 0.717) is 5.92 Å². The fraction of sp³-hybridized carbons (Fsp3) is 0.923. The Balaban J connectivity index is 2.04. The van der Waals surface area contributed by atoms with Crippen LogP contribution in [0.1, 0.15) is 33.1 Å². The molecule has 3 fully saturated rings. The summed E-state index contributed by atoms with van der Waals surface area (Å²) in [6, 6.07) is -0.145. The van der Waals surface area contributed by atoms with Crippen LogP contribution in [0.25, 0.3) is 0 Å². The maximum absolute atomic E-state index is 12.4. The molecule has 1 heterocycles. The molecule has 1 amide bonds. The van der Waals surface area contributed by atoms with Crippen molar-refractivity contribution in [3.63, 3.8) is 0 Å². The van der Waals surface area contributed by atoms with Crippen LogP contribution in [-0.4, -0.2) is 44.1 Å². The van der Waals surface area contributed by atoms with Gasteiger partial charge in [0.05, 0.1) is 11.8 Å². The molecule has 19 heavy (non-hydrogen) atoms. The summed E-state index contributed by atoms with van der Waals surface area (Å²) in [5, 5.41) is 0. The fourth-order valence-corrected chi connectivity index (χ4v) is 7.34. The van der Waals surface area contributed by atoms with Crippen molar-refractivity contribution >= 4 is 15.9 Å². The number of carbonyl (C=O) groups is 1. The van der Waals surface area contributed by atoms with Crippen LogP contribution in [0.15, 0.2) is 0 Å². The van der Waals surface area contributed by atoms with Crippen molar-refractivity contribution in [2.45, 2.75) is 39.2 Å². The molecule has 0 aromatic heterocycles. The van der Waals surface area contributed by atoms with Crippen molar-refractivity contribution < 1.29 is 17.9 Å². The number of rotatable bonds is 2. The van der Waals surface area contributed by atoms with E-state index in [1.54, 1.807) is 0 Å². The lowest BCUT2D eigenvalue weighted by Gasteiger charge is -2.37. The third kappa shape index (κ3) is 1.44. The average Bonchev–Trinajstić information content (AvgIpc) is 2.75. The van der Waals surface area contributed by atoms with Crippen LogP contribution in [0, 0.1) is 16.7 Å². The van der Waals surface area contributed by atoms with Crippen LogP contribution >= 0.6 is 0 Å². The molecule has 0 aromatic carbocycles. The van der Waals surface area contributed by atoms with Crippen LogP contribution in [0.5, 0.6) is 0 Å². The summed E-state index contributed by atoms with van der Waals surface area (Å²) < 4.78 is 30.8. The third-order valence-electron chi connectivity index (χ3n) is 5.92. The quantitative estimate of drug-likeness (QED) is 0.760. The molecule has 2 bridgehead atoms. The molecular weight excluding hydrogens is 266 g/mol. The third-order valence-corrected chi connectivity index (χ3v) is 7.86. The standard InChI is InChI=1S/C13H21NO4S/c1-12(2)9-4-5-13(12)8-19(16,17)14(10(13)6-9)11(15)7-18-3/h9-10H,4-8H2,1-3H3/t9-,10-,13-/m1/s1. The Morgan fingerprint density at radius 2 is 2.11 bits per heavy atom. The predicted molar refractivity (Wildman–Crippen MR) is 69.9 cm³/mol. The van der Waals surface area contributed by atoms with Crippen LogP contribution in [-0.2, 0) is 19.6 Å². The van der Waals surface area contributed by atoms with Gasteiger partial charge in [-0.05, 0) is 30.6 Å². The average molecular weight is 287 g/mol. The maximum Gasteiger partial charge on any atom is 0.262 e. The van der Waals surface area contributed by atoms with E-state index >= 15 is 0 Å². The second-order valence-electron chi connectivity index (χ2n) is 6.74. The van der Waals surface area contributed by atoms with E-state index in [2.05, 4.69) is 13.8 Å². The van der Waals surface area contributed by atoms with E-state index < -0.39 is 15.9 Å². The number of hydrogen-bond donors (Lipinski definition) is 0. The predicted octanol–water partition coefficient (Wildman–Crippen LogP) is 1.000. The van der Waals surface area contributed by atoms with Gasteiger partial charge in [-0.15, -0.1) is 0 Å². The van der Waals surface area contributed by atoms with Gasteiger partial charge in [0.25, 0.3) is 5.91 Å². The van der Waals surface area contributed by atoms with Gasteiger partial charge in [-0.25, -0.2) is 12.7 Å². The molecule has 1 aliphatic heterocycles. The van der Waals surface area contributed by atoms with Crippen molar-refractivity contribution in [1.29, 1.82) is 0 Å². The first-order chi connectivity index (χ1) is 8.76. The zero-order valence-electron chi connectivity index (χ0n) is 11.7. The molecule has 6 heteroatoms. The van der Waals surface area contributed by atoms with Gasteiger partial charge in [0.2, 0.25) is 10.0 Å². The Hall–Kier alpha value is -0.620. The van der Waals surface area contributed by atoms with E-state index in [0.717, 1.165) is 23.6 Å². The Morgan fingerprint density at radius 3 is 2.68 bits per heavy atom. The lowest BCUT2D eigenvalue weighted by Crippen LogP contribution is -2.45. The Bertz CT molecular complexity index is 527. The number of methoxy groups -OCH3 is 1. The molecule has 0 aromatic rings. The summed E-state index contributed by atoms with van der Waals surface area (Å²) in [5.41, 5.74) is -0.229. The van der Waals surface area contributed by atoms with Gasteiger partial charge < -0.3 is 4.74 Å². The Kier molecular flexibility index (Phi) is 2.62. The molecule has 5 nitrogen and oxygen atoms in total. The molecule has 3 aliphatic rings. The highest BCUT2D eigenvalue weighted by atomic mass is 32.2. The zero-order chi connectivity index (χ0) is 14.1. The summed E-state index contributed by atoms with van der Waals surface area (Å²) in [6.07, 6.45) is 2.83. The van der Waals surface area contributed by atoms with Crippen molar-refractivity contribution in [2.75, 3.05) is 19.5 Å². The molecule has 2 aliphatic carbocycles. The minimum absolute atomic E-state index is 0.00678. The molecule has 0 unspecified atom stereocenters. The Morgan fingerprint density at radius 1 is 1.42 bits per heavy atom. The topological polar surface area (TPSA) is 63.7 Å². The summed E-state index contributed by atoms with van der Waals surface area (Å²) >= 11 is 0. The number of ether oxygens (including phenoxy) is 1. The lowest BCUT2D eigenvalue weighted by molar-refractivity contribution is -0.132. The van der Waals surface area contributed by atoms with Gasteiger partial charge in [-0.2, -0.15) is 0 Å². The molecular formula is C13H21NO4S. The number of amides is 1. The number of nitrogens with zero attached hydrogens (tertiary/aromatic N) is 1. The first-order valence-corrected chi connectivity index (χ1v) is 8.41. The molecule has 1 saturated heterocycles. The van der Waals surface area contributed by atoms with E-state index in [1.165, 1.54) is 7.11 Å². The van der Waals surface area contributed by atoms with Crippen LogP contribution < -0.4 is 0 Å². The number of fused-ring (bicyclic) bond motifs is 1.